The molecular weight excluding hydrogens is 363 g/mol. The number of carbonyl (C=O) groups is 1. The quantitative estimate of drug-likeness (QED) is 0.345. The van der Waals surface area contributed by atoms with E-state index in [0.29, 0.717) is 12.2 Å². The van der Waals surface area contributed by atoms with E-state index in [0.717, 1.165) is 37.6 Å². The van der Waals surface area contributed by atoms with Crippen molar-refractivity contribution in [2.45, 2.75) is 110 Å². The first kappa shape index (κ1) is 25.3. The maximum atomic E-state index is 13.2. The van der Waals surface area contributed by atoms with Crippen LogP contribution in [-0.2, 0) is 14.9 Å². The van der Waals surface area contributed by atoms with Crippen LogP contribution in [-0.4, -0.2) is 23.6 Å². The number of Topliss-reactive ketones (excluding diaryl/α,β-unsaturated/α-hetero) is 1. The predicted molar refractivity (Wildman–Crippen MR) is 126 cm³/mol. The van der Waals surface area contributed by atoms with Crippen LogP contribution in [0.25, 0.3) is 0 Å². The highest BCUT2D eigenvalue weighted by Gasteiger charge is 2.39. The van der Waals surface area contributed by atoms with Gasteiger partial charge in [0.05, 0.1) is 11.0 Å². The number of hydrogen-bond donors (Lipinski definition) is 1. The molecule has 0 aliphatic carbocycles. The Kier molecular flexibility index (Phi) is 9.34. The van der Waals surface area contributed by atoms with Crippen molar-refractivity contribution in [2.24, 2.45) is 0 Å². The zero-order valence-corrected chi connectivity index (χ0v) is 20.2. The second-order valence-corrected chi connectivity index (χ2v) is 10.3. The SMILES string of the molecule is CCCC(=O)C(CCC)(CCC)c1ccc([B]OC(C)(C)C(C)(C)S)cc1C. The van der Waals surface area contributed by atoms with E-state index in [1.54, 1.807) is 0 Å². The lowest BCUT2D eigenvalue weighted by Crippen LogP contribution is -2.45. The van der Waals surface area contributed by atoms with Crippen molar-refractivity contribution in [3.05, 3.63) is 29.3 Å². The van der Waals surface area contributed by atoms with Crippen molar-refractivity contribution in [3.8, 4) is 0 Å². The van der Waals surface area contributed by atoms with Gasteiger partial charge >= 0.3 is 7.48 Å². The van der Waals surface area contributed by atoms with E-state index < -0.39 is 5.60 Å². The fourth-order valence-electron chi connectivity index (χ4n) is 3.80. The first-order valence-corrected chi connectivity index (χ1v) is 11.3. The van der Waals surface area contributed by atoms with Gasteiger partial charge in [0.2, 0.25) is 0 Å². The van der Waals surface area contributed by atoms with Crippen molar-refractivity contribution < 1.29 is 9.45 Å². The Morgan fingerprint density at radius 3 is 2.04 bits per heavy atom. The summed E-state index contributed by atoms with van der Waals surface area (Å²) in [6, 6.07) is 6.39. The molecule has 157 valence electrons. The van der Waals surface area contributed by atoms with Crippen LogP contribution in [0.2, 0.25) is 0 Å². The Labute approximate surface area is 179 Å². The maximum absolute atomic E-state index is 13.2. The molecular formula is C24H40BO2S. The summed E-state index contributed by atoms with van der Waals surface area (Å²) in [6.07, 6.45) is 5.42. The summed E-state index contributed by atoms with van der Waals surface area (Å²) in [7, 11) is 1.82. The highest BCUT2D eigenvalue weighted by atomic mass is 32.1. The molecule has 1 rings (SSSR count). The van der Waals surface area contributed by atoms with Gasteiger partial charge < -0.3 is 4.65 Å². The summed E-state index contributed by atoms with van der Waals surface area (Å²) in [5.41, 5.74) is 2.65. The fraction of sp³-hybridized carbons (Fsp3) is 0.708. The minimum absolute atomic E-state index is 0.261. The summed E-state index contributed by atoms with van der Waals surface area (Å²) in [4.78, 5) is 13.2. The number of thiol groups is 1. The number of rotatable bonds is 12. The van der Waals surface area contributed by atoms with E-state index in [1.807, 2.05) is 7.48 Å². The molecule has 0 heterocycles. The normalized spacial score (nSPS) is 12.9. The summed E-state index contributed by atoms with van der Waals surface area (Å²) in [5, 5.41) is 0. The molecule has 1 radical (unpaired) electrons. The first-order chi connectivity index (χ1) is 12.9. The van der Waals surface area contributed by atoms with Gasteiger partial charge in [-0.1, -0.05) is 57.3 Å². The largest absolute Gasteiger partial charge is 0.428 e. The molecule has 1 aromatic carbocycles. The third-order valence-electron chi connectivity index (χ3n) is 6.09. The van der Waals surface area contributed by atoms with Crippen LogP contribution in [0.3, 0.4) is 0 Å². The lowest BCUT2D eigenvalue weighted by atomic mass is 9.67. The highest BCUT2D eigenvalue weighted by Crippen LogP contribution is 2.38. The smallest absolute Gasteiger partial charge is 0.330 e. The van der Waals surface area contributed by atoms with Crippen molar-refractivity contribution in [1.29, 1.82) is 0 Å². The van der Waals surface area contributed by atoms with E-state index in [9.17, 15) is 4.79 Å². The zero-order valence-electron chi connectivity index (χ0n) is 19.3. The van der Waals surface area contributed by atoms with Crippen LogP contribution in [0.4, 0.5) is 0 Å². The standard InChI is InChI=1S/C24H40BO2S/c1-9-12-21(26)24(15-10-2,16-11-3)20-14-13-19(17-18(20)4)25-27-22(5,6)23(7,8)28/h13-14,17,28H,9-12,15-16H2,1-8H3. The van der Waals surface area contributed by atoms with Gasteiger partial charge in [-0.25, -0.2) is 0 Å². The molecule has 0 aromatic heterocycles. The van der Waals surface area contributed by atoms with Gasteiger partial charge in [0.15, 0.2) is 0 Å². The van der Waals surface area contributed by atoms with Crippen molar-refractivity contribution in [2.75, 3.05) is 0 Å². The zero-order chi connectivity index (χ0) is 21.6. The Morgan fingerprint density at radius 2 is 1.61 bits per heavy atom. The number of benzene rings is 1. The monoisotopic (exact) mass is 403 g/mol. The van der Waals surface area contributed by atoms with Crippen LogP contribution in [0.15, 0.2) is 18.2 Å². The number of ketones is 1. The molecule has 0 N–H and O–H groups in total. The van der Waals surface area contributed by atoms with E-state index in [2.05, 4.69) is 86.2 Å². The van der Waals surface area contributed by atoms with Gasteiger partial charge in [0, 0.05) is 11.2 Å². The summed E-state index contributed by atoms with van der Waals surface area (Å²) in [5.74, 6) is 0.396. The number of hydrogen-bond acceptors (Lipinski definition) is 3. The predicted octanol–water partition coefficient (Wildman–Crippen LogP) is 5.95. The maximum Gasteiger partial charge on any atom is 0.330 e. The summed E-state index contributed by atoms with van der Waals surface area (Å²) in [6.45, 7) is 16.8. The summed E-state index contributed by atoms with van der Waals surface area (Å²) >= 11 is 4.66. The van der Waals surface area contributed by atoms with Gasteiger partial charge in [-0.3, -0.25) is 4.79 Å². The molecule has 0 fully saturated rings. The molecule has 0 spiro atoms. The molecule has 2 nitrogen and oxygen atoms in total. The van der Waals surface area contributed by atoms with E-state index in [-0.39, 0.29) is 10.2 Å². The van der Waals surface area contributed by atoms with Crippen molar-refractivity contribution >= 4 is 31.4 Å². The topological polar surface area (TPSA) is 26.3 Å². The van der Waals surface area contributed by atoms with Gasteiger partial charge in [-0.2, -0.15) is 12.6 Å². The van der Waals surface area contributed by atoms with Crippen LogP contribution in [0.5, 0.6) is 0 Å². The average Bonchev–Trinajstić information content (AvgIpc) is 2.59. The third kappa shape index (κ3) is 5.89. The minimum Gasteiger partial charge on any atom is -0.428 e. The van der Waals surface area contributed by atoms with Crippen LogP contribution < -0.4 is 5.46 Å². The second kappa shape index (κ2) is 10.3. The molecule has 0 saturated carbocycles. The van der Waals surface area contributed by atoms with E-state index >= 15 is 0 Å². The molecule has 4 heteroatoms. The second-order valence-electron chi connectivity index (χ2n) is 9.13. The lowest BCUT2D eigenvalue weighted by molar-refractivity contribution is -0.125. The number of aryl methyl sites for hydroxylation is 1. The summed E-state index contributed by atoms with van der Waals surface area (Å²) < 4.78 is 5.81. The van der Waals surface area contributed by atoms with Gasteiger partial charge in [-0.15, -0.1) is 0 Å². The van der Waals surface area contributed by atoms with Crippen LogP contribution in [0.1, 0.15) is 98.1 Å². The minimum atomic E-state index is -0.395. The molecule has 0 aliphatic heterocycles. The Morgan fingerprint density at radius 1 is 1.04 bits per heavy atom. The van der Waals surface area contributed by atoms with Gasteiger partial charge in [0.25, 0.3) is 0 Å². The van der Waals surface area contributed by atoms with E-state index in [1.165, 1.54) is 11.1 Å². The van der Waals surface area contributed by atoms with E-state index in [4.69, 9.17) is 4.65 Å². The van der Waals surface area contributed by atoms with Crippen LogP contribution >= 0.6 is 12.6 Å². The molecule has 0 amide bonds. The molecule has 0 atom stereocenters. The van der Waals surface area contributed by atoms with Crippen molar-refractivity contribution in [3.63, 3.8) is 0 Å². The molecule has 0 saturated heterocycles. The van der Waals surface area contributed by atoms with Crippen LogP contribution in [0, 0.1) is 6.92 Å². The van der Waals surface area contributed by atoms with Gasteiger partial charge in [-0.05, 0) is 65.0 Å². The Bertz CT molecular complexity index is 640. The molecule has 28 heavy (non-hydrogen) atoms. The highest BCUT2D eigenvalue weighted by molar-refractivity contribution is 7.81. The molecule has 0 aliphatic rings. The Hall–Kier alpha value is -0.735. The first-order valence-electron chi connectivity index (χ1n) is 10.8. The lowest BCUT2D eigenvalue weighted by Gasteiger charge is -2.38. The Balaban J connectivity index is 3.21. The third-order valence-corrected chi connectivity index (χ3v) is 6.63. The van der Waals surface area contributed by atoms with Gasteiger partial charge in [0.1, 0.15) is 5.78 Å². The van der Waals surface area contributed by atoms with Crippen molar-refractivity contribution in [1.82, 2.24) is 0 Å². The molecule has 1 aromatic rings. The molecule has 0 unspecified atom stereocenters. The molecule has 0 bridgehead atoms. The average molecular weight is 403 g/mol. The fourth-order valence-corrected chi connectivity index (χ4v) is 3.85. The number of carbonyl (C=O) groups excluding carboxylic acids is 1.